The van der Waals surface area contributed by atoms with E-state index in [1.807, 2.05) is 0 Å². The summed E-state index contributed by atoms with van der Waals surface area (Å²) in [5.74, 6) is 0. The van der Waals surface area contributed by atoms with Crippen LogP contribution in [0.15, 0.2) is 4.99 Å². The lowest BCUT2D eigenvalue weighted by Crippen LogP contribution is -3.09. The van der Waals surface area contributed by atoms with E-state index in [9.17, 15) is 0 Å². The first-order valence-corrected chi connectivity index (χ1v) is 11.4. The fraction of sp³-hybridized carbons (Fsp3) is 0.909. The molecule has 27 heavy (non-hydrogen) atoms. The van der Waals surface area contributed by atoms with Gasteiger partial charge in [0, 0.05) is 0 Å². The van der Waals surface area contributed by atoms with Crippen LogP contribution in [0.5, 0.6) is 0 Å². The first-order valence-electron chi connectivity index (χ1n) is 11.4. The highest BCUT2D eigenvalue weighted by atomic mass is 16.6. The summed E-state index contributed by atoms with van der Waals surface area (Å²) in [6.07, 6.45) is 23.3. The van der Waals surface area contributed by atoms with Gasteiger partial charge in [0.25, 0.3) is 0 Å². The van der Waals surface area contributed by atoms with Gasteiger partial charge in [0.1, 0.15) is 6.54 Å². The monoisotopic (exact) mass is 384 g/mol. The van der Waals surface area contributed by atoms with Gasteiger partial charge in [-0.15, -0.1) is 0 Å². The second-order valence-corrected chi connectivity index (χ2v) is 7.76. The molecule has 1 rings (SSSR count). The Labute approximate surface area is 167 Å². The van der Waals surface area contributed by atoms with Crippen molar-refractivity contribution in [1.29, 1.82) is 0 Å². The summed E-state index contributed by atoms with van der Waals surface area (Å²) in [4.78, 5) is 14.3. The van der Waals surface area contributed by atoms with E-state index in [4.69, 9.17) is 15.0 Å². The van der Waals surface area contributed by atoms with Crippen molar-refractivity contribution in [2.75, 3.05) is 19.6 Å². The fourth-order valence-electron chi connectivity index (χ4n) is 3.56. The highest BCUT2D eigenvalue weighted by molar-refractivity contribution is 5.50. The molecule has 0 amide bonds. The molecular formula is C22H44N2O3. The lowest BCUT2D eigenvalue weighted by Gasteiger charge is -2.07. The average molecular weight is 385 g/mol. The number of unbranched alkanes of at least 4 members (excludes halogenated alkanes) is 15. The predicted octanol–water partition coefficient (Wildman–Crippen LogP) is 4.06. The van der Waals surface area contributed by atoms with Crippen molar-refractivity contribution >= 4 is 12.5 Å². The van der Waals surface area contributed by atoms with Crippen molar-refractivity contribution in [1.82, 2.24) is 0 Å². The third-order valence-electron chi connectivity index (χ3n) is 5.19. The SMILES string of the molecule is CCCCCCCCCCCCCCCCCC[NH+]1C=NCC1.O=C([O-])O. The Balaban J connectivity index is 0.00000153. The maximum Gasteiger partial charge on any atom is 0.249 e. The Kier molecular flexibility index (Phi) is 20.3. The molecular weight excluding hydrogens is 340 g/mol. The highest BCUT2D eigenvalue weighted by Gasteiger charge is 2.08. The van der Waals surface area contributed by atoms with E-state index < -0.39 is 6.16 Å². The van der Waals surface area contributed by atoms with Gasteiger partial charge >= 0.3 is 0 Å². The van der Waals surface area contributed by atoms with Gasteiger partial charge in [-0.2, -0.15) is 0 Å². The van der Waals surface area contributed by atoms with Crippen LogP contribution in [-0.2, 0) is 0 Å². The van der Waals surface area contributed by atoms with Gasteiger partial charge < -0.3 is 15.0 Å². The van der Waals surface area contributed by atoms with E-state index in [0.717, 1.165) is 6.54 Å². The minimum atomic E-state index is -2.08. The number of hydrogen-bond donors (Lipinski definition) is 2. The molecule has 0 radical (unpaired) electrons. The Morgan fingerprint density at radius 1 is 0.852 bits per heavy atom. The van der Waals surface area contributed by atoms with E-state index in [0.29, 0.717) is 0 Å². The van der Waals surface area contributed by atoms with Crippen LogP contribution >= 0.6 is 0 Å². The second-order valence-electron chi connectivity index (χ2n) is 7.76. The number of aliphatic imine (C=N–C) groups is 1. The molecule has 5 heteroatoms. The van der Waals surface area contributed by atoms with Crippen LogP contribution in [0.2, 0.25) is 0 Å². The van der Waals surface area contributed by atoms with Gasteiger partial charge in [-0.25, -0.2) is 4.99 Å². The van der Waals surface area contributed by atoms with Crippen LogP contribution < -0.4 is 10.0 Å². The molecule has 0 fully saturated rings. The standard InChI is InChI=1S/C21H42N2.CH2O3/c1-2-3-4-5-6-7-8-9-10-11-12-13-14-15-16-17-19-23-20-18-22-21-23;2-1(3)4/h21H,2-20H2,1H3;(H2,2,3,4). The maximum atomic E-state index is 8.44. The molecule has 0 aliphatic carbocycles. The molecule has 160 valence electrons. The summed E-state index contributed by atoms with van der Waals surface area (Å²) in [5, 5.41) is 15.3. The lowest BCUT2D eigenvalue weighted by molar-refractivity contribution is -0.791. The number of carboxylic acid groups (broad SMARTS) is 2. The Morgan fingerprint density at radius 3 is 1.56 bits per heavy atom. The average Bonchev–Trinajstić information content (AvgIpc) is 3.14. The molecule has 1 unspecified atom stereocenters. The van der Waals surface area contributed by atoms with Crippen molar-refractivity contribution < 1.29 is 19.9 Å². The second kappa shape index (κ2) is 21.2. The molecule has 1 atom stereocenters. The maximum absolute atomic E-state index is 8.44. The van der Waals surface area contributed by atoms with E-state index in [2.05, 4.69) is 18.3 Å². The molecule has 0 aromatic carbocycles. The van der Waals surface area contributed by atoms with Crippen LogP contribution in [0.1, 0.15) is 110 Å². The van der Waals surface area contributed by atoms with Crippen molar-refractivity contribution in [3.8, 4) is 0 Å². The Hall–Kier alpha value is -1.10. The quantitative estimate of drug-likeness (QED) is 0.371. The molecule has 0 aromatic heterocycles. The van der Waals surface area contributed by atoms with Crippen molar-refractivity contribution in [2.45, 2.75) is 110 Å². The Bertz CT molecular complexity index is 344. The highest BCUT2D eigenvalue weighted by Crippen LogP contribution is 2.13. The van der Waals surface area contributed by atoms with Gasteiger partial charge in [-0.3, -0.25) is 4.90 Å². The van der Waals surface area contributed by atoms with E-state index >= 15 is 0 Å². The smallest absolute Gasteiger partial charge is 0.249 e. The molecule has 1 aliphatic rings. The molecule has 1 aliphatic heterocycles. The molecule has 5 nitrogen and oxygen atoms in total. The third-order valence-corrected chi connectivity index (χ3v) is 5.19. The topological polar surface area (TPSA) is 77.2 Å². The van der Waals surface area contributed by atoms with Crippen molar-refractivity contribution in [3.63, 3.8) is 0 Å². The van der Waals surface area contributed by atoms with Gasteiger partial charge in [-0.05, 0) is 12.8 Å². The zero-order valence-electron chi connectivity index (χ0n) is 17.7. The summed E-state index contributed by atoms with van der Waals surface area (Å²) < 4.78 is 0. The van der Waals surface area contributed by atoms with Crippen LogP contribution in [0, 0.1) is 0 Å². The van der Waals surface area contributed by atoms with Crippen molar-refractivity contribution in [2.24, 2.45) is 4.99 Å². The first-order chi connectivity index (χ1) is 13.2. The minimum Gasteiger partial charge on any atom is -0.565 e. The number of hydrogen-bond acceptors (Lipinski definition) is 3. The van der Waals surface area contributed by atoms with Gasteiger partial charge in [-0.1, -0.05) is 96.8 Å². The Morgan fingerprint density at radius 2 is 1.22 bits per heavy atom. The van der Waals surface area contributed by atoms with Crippen LogP contribution in [-0.4, -0.2) is 37.2 Å². The molecule has 0 saturated carbocycles. The molecule has 1 heterocycles. The normalized spacial score (nSPS) is 15.5. The van der Waals surface area contributed by atoms with E-state index in [1.165, 1.54) is 116 Å². The molecule has 0 aromatic rings. The van der Waals surface area contributed by atoms with Crippen LogP contribution in [0.4, 0.5) is 4.79 Å². The zero-order valence-corrected chi connectivity index (χ0v) is 17.7. The zero-order chi connectivity index (χ0) is 20.0. The molecule has 0 bridgehead atoms. The summed E-state index contributed by atoms with van der Waals surface area (Å²) in [6, 6.07) is 0. The minimum absolute atomic E-state index is 1.05. The number of nitrogens with zero attached hydrogens (tertiary/aromatic N) is 1. The summed E-state index contributed by atoms with van der Waals surface area (Å²) >= 11 is 0. The fourth-order valence-corrected chi connectivity index (χ4v) is 3.56. The van der Waals surface area contributed by atoms with E-state index in [1.54, 1.807) is 4.90 Å². The van der Waals surface area contributed by atoms with Crippen molar-refractivity contribution in [3.05, 3.63) is 0 Å². The summed E-state index contributed by atoms with van der Waals surface area (Å²) in [6.45, 7) is 5.89. The number of quaternary nitrogens is 1. The summed E-state index contributed by atoms with van der Waals surface area (Å²) in [7, 11) is 0. The number of carbonyl (C=O) groups is 1. The van der Waals surface area contributed by atoms with Crippen LogP contribution in [0.3, 0.4) is 0 Å². The lowest BCUT2D eigenvalue weighted by atomic mass is 10.0. The molecule has 0 spiro atoms. The third kappa shape index (κ3) is 22.9. The summed E-state index contributed by atoms with van der Waals surface area (Å²) in [5.41, 5.74) is 0. The van der Waals surface area contributed by atoms with Gasteiger partial charge in [0.2, 0.25) is 6.16 Å². The first kappa shape index (κ1) is 25.9. The number of nitrogens with one attached hydrogen (secondary N) is 1. The van der Waals surface area contributed by atoms with E-state index in [-0.39, 0.29) is 0 Å². The number of rotatable bonds is 17. The van der Waals surface area contributed by atoms with Gasteiger partial charge in [0.05, 0.1) is 13.1 Å². The largest absolute Gasteiger partial charge is 0.565 e. The van der Waals surface area contributed by atoms with Gasteiger partial charge in [0.15, 0.2) is 6.34 Å². The predicted molar refractivity (Wildman–Crippen MR) is 112 cm³/mol. The van der Waals surface area contributed by atoms with Crippen LogP contribution in [0.25, 0.3) is 0 Å². The molecule has 0 saturated heterocycles. The molecule has 2 N–H and O–H groups in total.